The highest BCUT2D eigenvalue weighted by Crippen LogP contribution is 2.31. The third-order valence-corrected chi connectivity index (χ3v) is 5.59. The Morgan fingerprint density at radius 3 is 2.59 bits per heavy atom. The van der Waals surface area contributed by atoms with E-state index in [1.807, 2.05) is 37.3 Å². The van der Waals surface area contributed by atoms with Gasteiger partial charge in [0.2, 0.25) is 0 Å². The predicted octanol–water partition coefficient (Wildman–Crippen LogP) is 6.18. The molecule has 148 valence electrons. The predicted molar refractivity (Wildman–Crippen MR) is 120 cm³/mol. The van der Waals surface area contributed by atoms with E-state index in [1.54, 1.807) is 19.1 Å². The minimum Gasteiger partial charge on any atom is -0.481 e. The van der Waals surface area contributed by atoms with Crippen LogP contribution in [0.1, 0.15) is 19.4 Å². The van der Waals surface area contributed by atoms with Crippen molar-refractivity contribution in [2.24, 2.45) is 0 Å². The molecule has 0 saturated heterocycles. The Morgan fingerprint density at radius 1 is 1.07 bits per heavy atom. The lowest BCUT2D eigenvalue weighted by atomic mass is 10.1. The molecule has 4 rings (SSSR count). The van der Waals surface area contributed by atoms with Gasteiger partial charge in [0.25, 0.3) is 5.91 Å². The second-order valence-corrected chi connectivity index (χ2v) is 7.56. The van der Waals surface area contributed by atoms with Crippen molar-refractivity contribution >= 4 is 45.0 Å². The molecule has 0 spiro atoms. The van der Waals surface area contributed by atoms with Gasteiger partial charge in [-0.3, -0.25) is 4.79 Å². The second kappa shape index (κ2) is 7.80. The summed E-state index contributed by atoms with van der Waals surface area (Å²) in [6.07, 6.45) is -0.636. The minimum absolute atomic E-state index is 0.198. The molecule has 0 aliphatic heterocycles. The molecule has 5 heteroatoms. The van der Waals surface area contributed by atoms with Crippen molar-refractivity contribution < 1.29 is 9.53 Å². The van der Waals surface area contributed by atoms with Gasteiger partial charge < -0.3 is 14.6 Å². The number of halogens is 1. The van der Waals surface area contributed by atoms with E-state index < -0.39 is 6.10 Å². The van der Waals surface area contributed by atoms with E-state index in [2.05, 4.69) is 35.0 Å². The maximum Gasteiger partial charge on any atom is 0.265 e. The van der Waals surface area contributed by atoms with Crippen LogP contribution in [0.25, 0.3) is 21.8 Å². The minimum atomic E-state index is -0.636. The number of para-hydroxylation sites is 1. The summed E-state index contributed by atoms with van der Waals surface area (Å²) < 4.78 is 8.07. The molecule has 0 unspecified atom stereocenters. The first kappa shape index (κ1) is 19.3. The molecule has 0 fully saturated rings. The largest absolute Gasteiger partial charge is 0.481 e. The molecule has 0 saturated carbocycles. The Kier molecular flexibility index (Phi) is 5.20. The summed E-state index contributed by atoms with van der Waals surface area (Å²) in [4.78, 5) is 12.7. The first-order valence-electron chi connectivity index (χ1n) is 9.72. The SMILES string of the molecule is CCn1c2ccccc2c2cc(NC(=O)[C@@H](C)Oc3ccc(Cl)c(C)c3)ccc21. The number of aryl methyl sites for hydroxylation is 2. The van der Waals surface area contributed by atoms with Gasteiger partial charge in [-0.05, 0) is 68.8 Å². The van der Waals surface area contributed by atoms with Crippen molar-refractivity contribution in [3.63, 3.8) is 0 Å². The van der Waals surface area contributed by atoms with Gasteiger partial charge >= 0.3 is 0 Å². The smallest absolute Gasteiger partial charge is 0.265 e. The summed E-state index contributed by atoms with van der Waals surface area (Å²) in [6, 6.07) is 19.7. The Morgan fingerprint density at radius 2 is 1.83 bits per heavy atom. The van der Waals surface area contributed by atoms with Gasteiger partial charge in [0, 0.05) is 39.1 Å². The van der Waals surface area contributed by atoms with E-state index in [1.165, 1.54) is 10.9 Å². The van der Waals surface area contributed by atoms with Gasteiger partial charge in [0.1, 0.15) is 5.75 Å². The van der Waals surface area contributed by atoms with Crippen molar-refractivity contribution in [3.05, 3.63) is 71.2 Å². The molecule has 1 atom stereocenters. The van der Waals surface area contributed by atoms with E-state index in [0.29, 0.717) is 10.8 Å². The van der Waals surface area contributed by atoms with Crippen LogP contribution in [0.3, 0.4) is 0 Å². The van der Waals surface area contributed by atoms with Crippen molar-refractivity contribution in [2.45, 2.75) is 33.4 Å². The maximum absolute atomic E-state index is 12.7. The number of hydrogen-bond acceptors (Lipinski definition) is 2. The molecule has 1 N–H and O–H groups in total. The molecule has 0 bridgehead atoms. The second-order valence-electron chi connectivity index (χ2n) is 7.15. The van der Waals surface area contributed by atoms with Crippen molar-refractivity contribution in [1.82, 2.24) is 4.57 Å². The van der Waals surface area contributed by atoms with E-state index in [-0.39, 0.29) is 5.91 Å². The average molecular weight is 407 g/mol. The molecule has 4 aromatic rings. The number of rotatable bonds is 5. The Balaban J connectivity index is 1.57. The van der Waals surface area contributed by atoms with Crippen LogP contribution in [0, 0.1) is 6.92 Å². The zero-order chi connectivity index (χ0) is 20.5. The molecule has 0 aliphatic rings. The number of amides is 1. The third-order valence-electron chi connectivity index (χ3n) is 5.17. The van der Waals surface area contributed by atoms with Crippen LogP contribution in [0.15, 0.2) is 60.7 Å². The van der Waals surface area contributed by atoms with Crippen molar-refractivity contribution in [2.75, 3.05) is 5.32 Å². The fourth-order valence-corrected chi connectivity index (χ4v) is 3.78. The fraction of sp³-hybridized carbons (Fsp3) is 0.208. The number of benzene rings is 3. The highest BCUT2D eigenvalue weighted by Gasteiger charge is 2.16. The van der Waals surface area contributed by atoms with Crippen molar-refractivity contribution in [1.29, 1.82) is 0 Å². The molecule has 29 heavy (non-hydrogen) atoms. The maximum atomic E-state index is 12.7. The Hall–Kier alpha value is -2.98. The number of aromatic nitrogens is 1. The monoisotopic (exact) mass is 406 g/mol. The van der Waals surface area contributed by atoms with Gasteiger partial charge in [0.05, 0.1) is 0 Å². The first-order valence-corrected chi connectivity index (χ1v) is 10.1. The molecule has 0 radical (unpaired) electrons. The van der Waals surface area contributed by atoms with E-state index in [9.17, 15) is 4.79 Å². The summed E-state index contributed by atoms with van der Waals surface area (Å²) in [5.74, 6) is 0.423. The normalized spacial score (nSPS) is 12.3. The first-order chi connectivity index (χ1) is 14.0. The number of carbonyl (C=O) groups excluding carboxylic acids is 1. The molecule has 4 nitrogen and oxygen atoms in total. The Bertz CT molecular complexity index is 1210. The molecule has 3 aromatic carbocycles. The molecule has 1 heterocycles. The van der Waals surface area contributed by atoms with E-state index in [4.69, 9.17) is 16.3 Å². The van der Waals surface area contributed by atoms with Gasteiger partial charge in [-0.15, -0.1) is 0 Å². The van der Waals surface area contributed by atoms with E-state index >= 15 is 0 Å². The number of ether oxygens (including phenoxy) is 1. The number of carbonyl (C=O) groups is 1. The molecular weight excluding hydrogens is 384 g/mol. The standard InChI is InChI=1S/C24H23ClN2O2/c1-4-27-22-8-6-5-7-19(22)20-14-17(9-12-23(20)27)26-24(28)16(3)29-18-10-11-21(25)15(2)13-18/h5-14,16H,4H2,1-3H3,(H,26,28)/t16-/m1/s1. The number of nitrogens with one attached hydrogen (secondary N) is 1. The van der Waals surface area contributed by atoms with Crippen LogP contribution in [0.4, 0.5) is 5.69 Å². The highest BCUT2D eigenvalue weighted by molar-refractivity contribution is 6.31. The zero-order valence-electron chi connectivity index (χ0n) is 16.7. The fourth-order valence-electron chi connectivity index (χ4n) is 3.66. The number of nitrogens with zero attached hydrogens (tertiary/aromatic N) is 1. The number of hydrogen-bond donors (Lipinski definition) is 1. The quantitative estimate of drug-likeness (QED) is 0.430. The zero-order valence-corrected chi connectivity index (χ0v) is 17.5. The van der Waals surface area contributed by atoms with Crippen molar-refractivity contribution in [3.8, 4) is 5.75 Å². The Labute approximate surface area is 175 Å². The molecule has 1 amide bonds. The lowest BCUT2D eigenvalue weighted by Crippen LogP contribution is -2.30. The van der Waals surface area contributed by atoms with Crippen LogP contribution >= 0.6 is 11.6 Å². The van der Waals surface area contributed by atoms with Crippen LogP contribution in [0.5, 0.6) is 5.75 Å². The topological polar surface area (TPSA) is 43.3 Å². The number of fused-ring (bicyclic) bond motifs is 3. The van der Waals surface area contributed by atoms with Gasteiger partial charge in [-0.25, -0.2) is 0 Å². The molecular formula is C24H23ClN2O2. The summed E-state index contributed by atoms with van der Waals surface area (Å²) in [5.41, 5.74) is 4.02. The lowest BCUT2D eigenvalue weighted by molar-refractivity contribution is -0.122. The lowest BCUT2D eigenvalue weighted by Gasteiger charge is -2.15. The van der Waals surface area contributed by atoms with Gasteiger partial charge in [-0.2, -0.15) is 0 Å². The van der Waals surface area contributed by atoms with Crippen LogP contribution in [0.2, 0.25) is 5.02 Å². The van der Waals surface area contributed by atoms with E-state index in [0.717, 1.165) is 28.7 Å². The average Bonchev–Trinajstić information content (AvgIpc) is 3.03. The van der Waals surface area contributed by atoms with Crippen LogP contribution in [-0.4, -0.2) is 16.6 Å². The van der Waals surface area contributed by atoms with Crippen LogP contribution in [-0.2, 0) is 11.3 Å². The van der Waals surface area contributed by atoms with Crippen LogP contribution < -0.4 is 10.1 Å². The summed E-state index contributed by atoms with van der Waals surface area (Å²) >= 11 is 6.05. The van der Waals surface area contributed by atoms with Gasteiger partial charge in [0.15, 0.2) is 6.10 Å². The summed E-state index contributed by atoms with van der Waals surface area (Å²) in [7, 11) is 0. The highest BCUT2D eigenvalue weighted by atomic mass is 35.5. The summed E-state index contributed by atoms with van der Waals surface area (Å²) in [5, 5.41) is 5.96. The number of anilines is 1. The third kappa shape index (κ3) is 3.68. The van der Waals surface area contributed by atoms with Gasteiger partial charge in [-0.1, -0.05) is 29.8 Å². The molecule has 0 aliphatic carbocycles. The molecule has 1 aromatic heterocycles. The summed E-state index contributed by atoms with van der Waals surface area (Å²) in [6.45, 7) is 6.67.